The first-order chi connectivity index (χ1) is 72.1. The monoisotopic (exact) mass is 1840 g/mol. The Morgan fingerprint density at radius 3 is 0.600 bits per heavy atom. The average Bonchev–Trinajstić information content (AvgIpc) is 1.54. The summed E-state index contributed by atoms with van der Waals surface area (Å²) < 4.78 is 0. The SMILES string of the molecule is c1ccc(-c2c3ccccc3c(-c3cccc4c3-c3ncccc3C4(c3ccccc3)c3ccccc3)c3ccccc23)cc1.c1ccc(-c2ccc(-c3c4ccccc4c(-c4cccc5c4-c4ncccc4C5(c4ccccc4)c4ccccc4)c4ccccc34)cc2)cc1.c1ccc(C2(c3ccccc3)c3cccnc3-c3c(-c4c5ccccc5c(-c5cccc6ccccc56)c5ccccc45)cccc32)cc1. The summed E-state index contributed by atoms with van der Waals surface area (Å²) in [5.74, 6) is 0. The molecule has 0 bridgehead atoms. The van der Waals surface area contributed by atoms with Crippen molar-refractivity contribution in [2.24, 2.45) is 0 Å². The molecule has 0 spiro atoms. The van der Waals surface area contributed by atoms with Crippen LogP contribution in [0.1, 0.15) is 66.8 Å². The quantitative estimate of drug-likeness (QED) is 0.108. The molecule has 676 valence electrons. The molecule has 3 aromatic heterocycles. The molecular formula is C142H93N3. The van der Waals surface area contributed by atoms with E-state index in [1.807, 2.05) is 18.6 Å². The molecule has 0 atom stereocenters. The standard InChI is InChI=1S/C50H33N.C48H31N.C44H29N/c1-4-16-34(17-5-1)35-29-31-36(32-30-35)46-39-22-10-12-24-41(39)47(42-25-13-11-23-40(42)46)43-26-14-27-44-48(43)49-45(28-15-33-51-49)50(44,37-18-6-2-7-19-37)38-20-8-3-9-21-38;1-3-18-33(19-4-1)48(34-20-5-2-6-21-34)42-29-14-28-41(46(42)47-43(48)30-15-31-49-47)45-39-25-11-9-23-37(39)44(38-24-10-12-26-40(38)45)36-27-13-17-32-16-7-8-22-35(32)36;1-4-16-30(17-5-1)40-33-22-10-12-24-35(33)41(36-25-13-11-23-34(36)40)37-26-14-27-38-42(37)43-39(28-15-29-45-43)44(38,31-18-6-2-7-19-31)32-20-8-3-9-21-32/h1-33H;1-31H;1-29H. The highest BCUT2D eigenvalue weighted by Gasteiger charge is 2.52. The van der Waals surface area contributed by atoms with Crippen molar-refractivity contribution >= 4 is 75.4 Å². The molecule has 0 aliphatic heterocycles. The molecule has 3 nitrogen and oxygen atoms in total. The molecule has 0 radical (unpaired) electrons. The molecule has 26 aromatic rings. The summed E-state index contributed by atoms with van der Waals surface area (Å²) in [5, 5.41) is 17.5. The van der Waals surface area contributed by atoms with Crippen LogP contribution in [-0.4, -0.2) is 15.0 Å². The van der Waals surface area contributed by atoms with Gasteiger partial charge in [0.05, 0.1) is 33.3 Å². The fraction of sp³-hybridized carbons (Fsp3) is 0.0211. The molecule has 3 aliphatic rings. The minimum Gasteiger partial charge on any atom is -0.256 e. The van der Waals surface area contributed by atoms with Crippen molar-refractivity contribution in [2.45, 2.75) is 16.2 Å². The zero-order valence-electron chi connectivity index (χ0n) is 79.5. The van der Waals surface area contributed by atoms with Crippen LogP contribution in [0.4, 0.5) is 0 Å². The van der Waals surface area contributed by atoms with Gasteiger partial charge in [0.15, 0.2) is 0 Å². The molecule has 145 heavy (non-hydrogen) atoms. The van der Waals surface area contributed by atoms with Gasteiger partial charge in [0.25, 0.3) is 0 Å². The number of aromatic nitrogens is 3. The van der Waals surface area contributed by atoms with Crippen LogP contribution in [-0.2, 0) is 16.2 Å². The molecule has 0 unspecified atom stereocenters. The Labute approximate surface area is 843 Å². The Balaban J connectivity index is 0.000000108. The van der Waals surface area contributed by atoms with Crippen molar-refractivity contribution in [3.63, 3.8) is 0 Å². The van der Waals surface area contributed by atoms with Crippen LogP contribution in [0.15, 0.2) is 565 Å². The third kappa shape index (κ3) is 13.4. The lowest BCUT2D eigenvalue weighted by Crippen LogP contribution is -2.28. The maximum absolute atomic E-state index is 5.19. The molecule has 23 aromatic carbocycles. The van der Waals surface area contributed by atoms with Gasteiger partial charge in [-0.2, -0.15) is 0 Å². The molecule has 3 heteroatoms. The lowest BCUT2D eigenvalue weighted by atomic mass is 9.67. The minimum absolute atomic E-state index is 0.493. The molecule has 29 rings (SSSR count). The third-order valence-electron chi connectivity index (χ3n) is 31.0. The van der Waals surface area contributed by atoms with E-state index in [0.29, 0.717) is 0 Å². The normalized spacial score (nSPS) is 13.0. The predicted molar refractivity (Wildman–Crippen MR) is 605 cm³/mol. The van der Waals surface area contributed by atoms with Crippen molar-refractivity contribution in [2.75, 3.05) is 0 Å². The predicted octanol–water partition coefficient (Wildman–Crippen LogP) is 36.1. The van der Waals surface area contributed by atoms with Crippen molar-refractivity contribution in [3.05, 3.63) is 631 Å². The summed E-state index contributed by atoms with van der Waals surface area (Å²) in [6.45, 7) is 0. The second-order valence-electron chi connectivity index (χ2n) is 38.2. The van der Waals surface area contributed by atoms with Crippen LogP contribution in [0.25, 0.3) is 187 Å². The average molecular weight is 1840 g/mol. The van der Waals surface area contributed by atoms with E-state index in [1.165, 1.54) is 237 Å². The molecular weight excluding hydrogens is 1750 g/mol. The van der Waals surface area contributed by atoms with Crippen LogP contribution >= 0.6 is 0 Å². The van der Waals surface area contributed by atoms with E-state index in [9.17, 15) is 0 Å². The van der Waals surface area contributed by atoms with E-state index in [1.54, 1.807) is 0 Å². The van der Waals surface area contributed by atoms with Gasteiger partial charge in [0.1, 0.15) is 0 Å². The lowest BCUT2D eigenvalue weighted by molar-refractivity contribution is 0.766. The third-order valence-corrected chi connectivity index (χ3v) is 31.0. The van der Waals surface area contributed by atoms with Gasteiger partial charge in [0.2, 0.25) is 0 Å². The number of benzene rings is 23. The number of hydrogen-bond acceptors (Lipinski definition) is 3. The highest BCUT2D eigenvalue weighted by molar-refractivity contribution is 6.27. The number of hydrogen-bond donors (Lipinski definition) is 0. The second-order valence-corrected chi connectivity index (χ2v) is 38.2. The lowest BCUT2D eigenvalue weighted by Gasteiger charge is -2.33. The van der Waals surface area contributed by atoms with Gasteiger partial charge in [-0.25, -0.2) is 0 Å². The van der Waals surface area contributed by atoms with Gasteiger partial charge in [-0.15, -0.1) is 0 Å². The Kier molecular flexibility index (Phi) is 21.0. The van der Waals surface area contributed by atoms with E-state index in [0.717, 1.165) is 17.1 Å². The van der Waals surface area contributed by atoms with Crippen LogP contribution in [0, 0.1) is 0 Å². The first kappa shape index (κ1) is 85.5. The molecule has 0 N–H and O–H groups in total. The van der Waals surface area contributed by atoms with E-state index in [2.05, 4.69) is 546 Å². The van der Waals surface area contributed by atoms with E-state index < -0.39 is 16.2 Å². The zero-order chi connectivity index (χ0) is 95.9. The highest BCUT2D eigenvalue weighted by atomic mass is 14.7. The Bertz CT molecular complexity index is 9230. The topological polar surface area (TPSA) is 38.7 Å². The summed E-state index contributed by atoms with van der Waals surface area (Å²) in [6.07, 6.45) is 5.84. The molecule has 0 saturated heterocycles. The summed E-state index contributed by atoms with van der Waals surface area (Å²) in [7, 11) is 0. The largest absolute Gasteiger partial charge is 0.256 e. The van der Waals surface area contributed by atoms with E-state index in [-0.39, 0.29) is 0 Å². The van der Waals surface area contributed by atoms with Gasteiger partial charge in [-0.3, -0.25) is 15.0 Å². The van der Waals surface area contributed by atoms with Crippen LogP contribution in [0.2, 0.25) is 0 Å². The first-order valence-electron chi connectivity index (χ1n) is 50.2. The summed E-state index contributed by atoms with van der Waals surface area (Å²) in [4.78, 5) is 15.5. The fourth-order valence-corrected chi connectivity index (χ4v) is 25.3. The summed E-state index contributed by atoms with van der Waals surface area (Å²) in [5.41, 5.74) is 37.5. The van der Waals surface area contributed by atoms with Crippen molar-refractivity contribution < 1.29 is 0 Å². The van der Waals surface area contributed by atoms with Crippen molar-refractivity contribution in [1.29, 1.82) is 0 Å². The first-order valence-corrected chi connectivity index (χ1v) is 50.2. The minimum atomic E-state index is -0.510. The Hall–Kier alpha value is -18.7. The van der Waals surface area contributed by atoms with E-state index >= 15 is 0 Å². The smallest absolute Gasteiger partial charge is 0.0759 e. The van der Waals surface area contributed by atoms with Crippen LogP contribution in [0.5, 0.6) is 0 Å². The second kappa shape index (κ2) is 35.6. The van der Waals surface area contributed by atoms with Crippen LogP contribution in [0.3, 0.4) is 0 Å². The maximum atomic E-state index is 5.19. The summed E-state index contributed by atoms with van der Waals surface area (Å²) >= 11 is 0. The number of rotatable bonds is 13. The fourth-order valence-electron chi connectivity index (χ4n) is 25.3. The molecule has 0 saturated carbocycles. The Morgan fingerprint density at radius 2 is 0.310 bits per heavy atom. The number of pyridine rings is 3. The number of fused-ring (bicyclic) bond motifs is 16. The molecule has 0 amide bonds. The van der Waals surface area contributed by atoms with Gasteiger partial charge < -0.3 is 0 Å². The van der Waals surface area contributed by atoms with Crippen molar-refractivity contribution in [3.8, 4) is 112 Å². The van der Waals surface area contributed by atoms with Gasteiger partial charge >= 0.3 is 0 Å². The van der Waals surface area contributed by atoms with Gasteiger partial charge in [-0.1, -0.05) is 528 Å². The van der Waals surface area contributed by atoms with Gasteiger partial charge in [0, 0.05) is 35.3 Å². The van der Waals surface area contributed by atoms with E-state index in [4.69, 9.17) is 15.0 Å². The van der Waals surface area contributed by atoms with Crippen molar-refractivity contribution in [1.82, 2.24) is 15.0 Å². The Morgan fingerprint density at radius 1 is 0.117 bits per heavy atom. The van der Waals surface area contributed by atoms with Crippen LogP contribution < -0.4 is 0 Å². The molecule has 3 aliphatic carbocycles. The molecule has 3 heterocycles. The highest BCUT2D eigenvalue weighted by Crippen LogP contribution is 2.64. The summed E-state index contributed by atoms with van der Waals surface area (Å²) in [6, 6.07) is 199. The zero-order valence-corrected chi connectivity index (χ0v) is 79.5. The molecule has 0 fully saturated rings. The van der Waals surface area contributed by atoms with Gasteiger partial charge in [-0.05, 0) is 238 Å². The number of nitrogens with zero attached hydrogens (tertiary/aromatic N) is 3. The maximum Gasteiger partial charge on any atom is 0.0759 e.